The van der Waals surface area contributed by atoms with Gasteiger partial charge in [0.05, 0.1) is 16.4 Å². The molecule has 0 amide bonds. The van der Waals surface area contributed by atoms with Gasteiger partial charge in [-0.05, 0) is 36.8 Å². The van der Waals surface area contributed by atoms with Crippen LogP contribution in [0, 0.1) is 12.7 Å². The average molecular weight is 349 g/mol. The fourth-order valence-corrected chi connectivity index (χ4v) is 3.82. The summed E-state index contributed by atoms with van der Waals surface area (Å²) in [7, 11) is -4.13. The second kappa shape index (κ2) is 5.71. The van der Waals surface area contributed by atoms with Gasteiger partial charge in [-0.2, -0.15) is 0 Å². The molecular weight excluding hydrogens is 338 g/mol. The van der Waals surface area contributed by atoms with E-state index in [-0.39, 0.29) is 26.3 Å². The number of halogens is 3. The molecule has 0 atom stereocenters. The van der Waals surface area contributed by atoms with Crippen molar-refractivity contribution in [1.82, 2.24) is 0 Å². The van der Waals surface area contributed by atoms with Gasteiger partial charge < -0.3 is 5.73 Å². The summed E-state index contributed by atoms with van der Waals surface area (Å²) in [6.45, 7) is 1.69. The van der Waals surface area contributed by atoms with Crippen molar-refractivity contribution in [3.8, 4) is 0 Å². The van der Waals surface area contributed by atoms with Gasteiger partial charge in [0.15, 0.2) is 0 Å². The fourth-order valence-electron chi connectivity index (χ4n) is 1.76. The first-order valence-electron chi connectivity index (χ1n) is 5.74. The maximum Gasteiger partial charge on any atom is 0.265 e. The van der Waals surface area contributed by atoms with Crippen molar-refractivity contribution in [3.63, 3.8) is 0 Å². The second-order valence-electron chi connectivity index (χ2n) is 4.39. The molecule has 0 aromatic heterocycles. The highest BCUT2D eigenvalue weighted by atomic mass is 35.5. The minimum atomic E-state index is -4.13. The first-order chi connectivity index (χ1) is 9.70. The van der Waals surface area contributed by atoms with Gasteiger partial charge in [-0.25, -0.2) is 12.8 Å². The Kier molecular flexibility index (Phi) is 4.32. The highest BCUT2D eigenvalue weighted by molar-refractivity contribution is 7.93. The predicted octanol–water partition coefficient (Wildman–Crippen LogP) is 3.82. The van der Waals surface area contributed by atoms with Crippen molar-refractivity contribution in [1.29, 1.82) is 0 Å². The lowest BCUT2D eigenvalue weighted by Crippen LogP contribution is -2.16. The zero-order valence-corrected chi connectivity index (χ0v) is 13.2. The minimum absolute atomic E-state index is 0.118. The van der Waals surface area contributed by atoms with Crippen LogP contribution in [0.2, 0.25) is 10.0 Å². The molecule has 0 fully saturated rings. The van der Waals surface area contributed by atoms with Gasteiger partial charge in [-0.15, -0.1) is 0 Å². The van der Waals surface area contributed by atoms with Crippen molar-refractivity contribution < 1.29 is 12.8 Å². The van der Waals surface area contributed by atoms with E-state index in [2.05, 4.69) is 4.72 Å². The minimum Gasteiger partial charge on any atom is -0.398 e. The van der Waals surface area contributed by atoms with E-state index in [1.54, 1.807) is 13.0 Å². The molecular formula is C13H11Cl2FN2O2S. The zero-order chi connectivity index (χ0) is 15.8. The Balaban J connectivity index is 2.48. The average Bonchev–Trinajstić information content (AvgIpc) is 2.30. The highest BCUT2D eigenvalue weighted by Gasteiger charge is 2.23. The zero-order valence-electron chi connectivity index (χ0n) is 10.8. The normalized spacial score (nSPS) is 11.4. The molecule has 0 aliphatic rings. The number of hydrogen-bond donors (Lipinski definition) is 2. The number of nitrogens with two attached hydrogens (primary N) is 1. The van der Waals surface area contributed by atoms with Crippen LogP contribution in [0.4, 0.5) is 15.8 Å². The number of benzene rings is 2. The number of hydrogen-bond acceptors (Lipinski definition) is 3. The van der Waals surface area contributed by atoms with Gasteiger partial charge in [0, 0.05) is 5.02 Å². The molecule has 0 aliphatic heterocycles. The summed E-state index contributed by atoms with van der Waals surface area (Å²) in [5.41, 5.74) is 6.00. The van der Waals surface area contributed by atoms with Crippen molar-refractivity contribution in [2.75, 3.05) is 10.5 Å². The largest absolute Gasteiger partial charge is 0.398 e. The van der Waals surface area contributed by atoms with Crippen LogP contribution in [0.1, 0.15) is 5.56 Å². The molecule has 21 heavy (non-hydrogen) atoms. The number of anilines is 2. The molecule has 112 valence electrons. The Bertz CT molecular complexity index is 787. The van der Waals surface area contributed by atoms with Crippen LogP contribution in [0.5, 0.6) is 0 Å². The number of nitrogens with one attached hydrogen (secondary N) is 1. The number of rotatable bonds is 3. The molecule has 2 aromatic carbocycles. The standard InChI is InChI=1S/C13H11Cl2FN2O2S/c1-7-2-3-12(10(16)4-7)18-21(19,20)13-9(15)5-8(14)6-11(13)17/h2-6,18H,17H2,1H3. The quantitative estimate of drug-likeness (QED) is 0.828. The van der Waals surface area contributed by atoms with Gasteiger partial charge in [-0.3, -0.25) is 4.72 Å². The number of sulfonamides is 1. The van der Waals surface area contributed by atoms with E-state index < -0.39 is 15.8 Å². The summed E-state index contributed by atoms with van der Waals surface area (Å²) >= 11 is 11.6. The van der Waals surface area contributed by atoms with E-state index in [1.807, 2.05) is 0 Å². The third kappa shape index (κ3) is 3.40. The number of nitrogen functional groups attached to an aromatic ring is 1. The summed E-state index contributed by atoms with van der Waals surface area (Å²) in [6, 6.07) is 6.62. The van der Waals surface area contributed by atoms with Gasteiger partial charge in [0.1, 0.15) is 10.7 Å². The number of aryl methyl sites for hydroxylation is 1. The SMILES string of the molecule is Cc1ccc(NS(=O)(=O)c2c(N)cc(Cl)cc2Cl)c(F)c1. The molecule has 2 aromatic rings. The molecule has 0 saturated heterocycles. The lowest BCUT2D eigenvalue weighted by Gasteiger charge is -2.13. The van der Waals surface area contributed by atoms with Crippen molar-refractivity contribution in [2.24, 2.45) is 0 Å². The Labute approximate surface area is 131 Å². The van der Waals surface area contributed by atoms with E-state index in [1.165, 1.54) is 24.3 Å². The first-order valence-corrected chi connectivity index (χ1v) is 7.98. The molecule has 0 bridgehead atoms. The predicted molar refractivity (Wildman–Crippen MR) is 82.8 cm³/mol. The third-order valence-corrected chi connectivity index (χ3v) is 4.78. The molecule has 0 heterocycles. The summed E-state index contributed by atoms with van der Waals surface area (Å²) in [5.74, 6) is -0.692. The third-order valence-electron chi connectivity index (χ3n) is 2.67. The molecule has 8 heteroatoms. The molecule has 0 radical (unpaired) electrons. The van der Waals surface area contributed by atoms with Crippen molar-refractivity contribution >= 4 is 44.6 Å². The highest BCUT2D eigenvalue weighted by Crippen LogP contribution is 2.32. The van der Waals surface area contributed by atoms with E-state index >= 15 is 0 Å². The Morgan fingerprint density at radius 1 is 1.19 bits per heavy atom. The molecule has 0 saturated carbocycles. The summed E-state index contributed by atoms with van der Waals surface area (Å²) in [6.07, 6.45) is 0. The Morgan fingerprint density at radius 2 is 1.86 bits per heavy atom. The van der Waals surface area contributed by atoms with Crippen LogP contribution in [0.15, 0.2) is 35.2 Å². The molecule has 0 aliphatic carbocycles. The van der Waals surface area contributed by atoms with E-state index in [9.17, 15) is 12.8 Å². The monoisotopic (exact) mass is 348 g/mol. The van der Waals surface area contributed by atoms with Crippen LogP contribution in [0.25, 0.3) is 0 Å². The van der Waals surface area contributed by atoms with Crippen LogP contribution in [0.3, 0.4) is 0 Å². The summed E-state index contributed by atoms with van der Waals surface area (Å²) in [4.78, 5) is -0.339. The lowest BCUT2D eigenvalue weighted by atomic mass is 10.2. The second-order valence-corrected chi connectivity index (χ2v) is 6.86. The van der Waals surface area contributed by atoms with Gasteiger partial charge in [0.25, 0.3) is 10.0 Å². The molecule has 2 rings (SSSR count). The van der Waals surface area contributed by atoms with Crippen LogP contribution < -0.4 is 10.5 Å². The lowest BCUT2D eigenvalue weighted by molar-refractivity contribution is 0.599. The van der Waals surface area contributed by atoms with E-state index in [4.69, 9.17) is 28.9 Å². The Morgan fingerprint density at radius 3 is 2.43 bits per heavy atom. The van der Waals surface area contributed by atoms with E-state index in [0.717, 1.165) is 0 Å². The van der Waals surface area contributed by atoms with Gasteiger partial charge in [0.2, 0.25) is 0 Å². The molecule has 3 N–H and O–H groups in total. The summed E-state index contributed by atoms with van der Waals surface area (Å²) < 4.78 is 40.5. The topological polar surface area (TPSA) is 72.2 Å². The van der Waals surface area contributed by atoms with Crippen LogP contribution in [-0.4, -0.2) is 8.42 Å². The molecule has 0 unspecified atom stereocenters. The van der Waals surface area contributed by atoms with Crippen LogP contribution in [-0.2, 0) is 10.0 Å². The smallest absolute Gasteiger partial charge is 0.265 e. The fraction of sp³-hybridized carbons (Fsp3) is 0.0769. The molecule has 0 spiro atoms. The maximum absolute atomic E-state index is 13.7. The Hall–Kier alpha value is -1.50. The first kappa shape index (κ1) is 15.9. The summed E-state index contributed by atoms with van der Waals surface area (Å²) in [5, 5.41) is 0.0676. The van der Waals surface area contributed by atoms with Gasteiger partial charge >= 0.3 is 0 Å². The molecule has 4 nitrogen and oxygen atoms in total. The van der Waals surface area contributed by atoms with Gasteiger partial charge in [-0.1, -0.05) is 29.3 Å². The van der Waals surface area contributed by atoms with Crippen LogP contribution >= 0.6 is 23.2 Å². The maximum atomic E-state index is 13.7. The van der Waals surface area contributed by atoms with Crippen molar-refractivity contribution in [2.45, 2.75) is 11.8 Å². The van der Waals surface area contributed by atoms with E-state index in [0.29, 0.717) is 5.56 Å². The van der Waals surface area contributed by atoms with Crippen molar-refractivity contribution in [3.05, 3.63) is 51.8 Å².